The number of hydrogen-bond acceptors (Lipinski definition) is 5. The fourth-order valence-electron chi connectivity index (χ4n) is 3.19. The van der Waals surface area contributed by atoms with E-state index in [-0.39, 0.29) is 29.7 Å². The molecule has 142 valence electrons. The highest BCUT2D eigenvalue weighted by Gasteiger charge is 2.36. The van der Waals surface area contributed by atoms with Crippen LogP contribution in [0.5, 0.6) is 5.75 Å². The zero-order valence-corrected chi connectivity index (χ0v) is 15.5. The molecule has 8 heteroatoms. The molecular weight excluding hydrogens is 368 g/mol. The van der Waals surface area contributed by atoms with Crippen LogP contribution in [0.25, 0.3) is 0 Å². The quantitative estimate of drug-likeness (QED) is 0.731. The lowest BCUT2D eigenvalue weighted by atomic mass is 9.89. The number of rotatable bonds is 6. The molecule has 0 radical (unpaired) electrons. The van der Waals surface area contributed by atoms with Gasteiger partial charge in [-0.1, -0.05) is 36.4 Å². The smallest absolute Gasteiger partial charge is 0.302 e. The summed E-state index contributed by atoms with van der Waals surface area (Å²) in [6.45, 7) is 1.44. The molecule has 0 aromatic heterocycles. The normalized spacial score (nSPS) is 19.6. The maximum atomic E-state index is 12.1. The molecular formula is C19H20N2O5S. The zero-order valence-electron chi connectivity index (χ0n) is 14.7. The van der Waals surface area contributed by atoms with Gasteiger partial charge in [0.25, 0.3) is 0 Å². The number of phenolic OH excluding ortho intramolecular Hbond substituents is 1. The highest BCUT2D eigenvalue weighted by atomic mass is 32.2. The van der Waals surface area contributed by atoms with Crippen LogP contribution in [-0.4, -0.2) is 38.2 Å². The van der Waals surface area contributed by atoms with E-state index in [2.05, 4.69) is 4.72 Å². The number of carbonyl (C=O) groups is 2. The summed E-state index contributed by atoms with van der Waals surface area (Å²) in [4.78, 5) is 23.0. The Kier molecular flexibility index (Phi) is 5.29. The van der Waals surface area contributed by atoms with Crippen molar-refractivity contribution in [2.24, 2.45) is 0 Å². The van der Waals surface area contributed by atoms with Gasteiger partial charge in [-0.3, -0.25) is 9.10 Å². The molecule has 1 aliphatic rings. The van der Waals surface area contributed by atoms with Crippen molar-refractivity contribution in [2.45, 2.75) is 25.3 Å². The van der Waals surface area contributed by atoms with Gasteiger partial charge in [0.05, 0.1) is 18.3 Å². The molecule has 0 spiro atoms. The summed E-state index contributed by atoms with van der Waals surface area (Å²) in [6, 6.07) is 13.1. The minimum atomic E-state index is -3.88. The van der Waals surface area contributed by atoms with Crippen LogP contribution in [0.3, 0.4) is 0 Å². The van der Waals surface area contributed by atoms with Gasteiger partial charge in [0.1, 0.15) is 17.8 Å². The van der Waals surface area contributed by atoms with Gasteiger partial charge < -0.3 is 9.90 Å². The second kappa shape index (κ2) is 7.50. The molecule has 2 N–H and O–H groups in total. The Labute approximate surface area is 157 Å². The van der Waals surface area contributed by atoms with Crippen molar-refractivity contribution in [1.29, 1.82) is 0 Å². The third kappa shape index (κ3) is 4.01. The first kappa shape index (κ1) is 19.1. The van der Waals surface area contributed by atoms with Crippen molar-refractivity contribution in [1.82, 2.24) is 4.72 Å². The summed E-state index contributed by atoms with van der Waals surface area (Å²) in [5.74, 6) is -0.572. The second-order valence-corrected chi connectivity index (χ2v) is 8.12. The van der Waals surface area contributed by atoms with E-state index in [1.807, 2.05) is 30.3 Å². The van der Waals surface area contributed by atoms with Crippen molar-refractivity contribution in [3.05, 3.63) is 59.7 Å². The van der Waals surface area contributed by atoms with Crippen molar-refractivity contribution in [2.75, 3.05) is 10.8 Å². The molecule has 2 aromatic rings. The van der Waals surface area contributed by atoms with E-state index in [9.17, 15) is 23.1 Å². The Morgan fingerprint density at radius 3 is 2.56 bits per heavy atom. The molecule has 0 bridgehead atoms. The van der Waals surface area contributed by atoms with E-state index in [1.54, 1.807) is 6.07 Å². The average Bonchev–Trinajstić information content (AvgIpc) is 2.95. The lowest BCUT2D eigenvalue weighted by molar-refractivity contribution is -0.118. The number of Topliss-reactive ketones (excluding diaryl/α,β-unsaturated/α-hetero) is 1. The van der Waals surface area contributed by atoms with Gasteiger partial charge in [-0.2, -0.15) is 13.1 Å². The summed E-state index contributed by atoms with van der Waals surface area (Å²) in [5.41, 5.74) is 1.68. The highest BCUT2D eigenvalue weighted by Crippen LogP contribution is 2.33. The Balaban J connectivity index is 1.87. The number of phenols is 1. The van der Waals surface area contributed by atoms with Crippen LogP contribution in [0.1, 0.15) is 24.0 Å². The molecule has 0 saturated carbocycles. The van der Waals surface area contributed by atoms with Gasteiger partial charge in [-0.05, 0) is 36.6 Å². The van der Waals surface area contributed by atoms with E-state index in [4.69, 9.17) is 0 Å². The summed E-state index contributed by atoms with van der Waals surface area (Å²) >= 11 is 0. The Morgan fingerprint density at radius 1 is 1.30 bits per heavy atom. The van der Waals surface area contributed by atoms with E-state index in [0.29, 0.717) is 18.3 Å². The molecule has 1 aliphatic heterocycles. The topological polar surface area (TPSA) is 104 Å². The van der Waals surface area contributed by atoms with Gasteiger partial charge >= 0.3 is 10.2 Å². The van der Waals surface area contributed by atoms with Crippen molar-refractivity contribution in [3.63, 3.8) is 0 Å². The number of carbonyl (C=O) groups excluding carboxylic acids is 2. The third-order valence-electron chi connectivity index (χ3n) is 4.56. The molecule has 7 nitrogen and oxygen atoms in total. The van der Waals surface area contributed by atoms with E-state index < -0.39 is 16.3 Å². The molecule has 0 amide bonds. The Hall–Kier alpha value is -2.71. The summed E-state index contributed by atoms with van der Waals surface area (Å²) < 4.78 is 27.4. The Bertz CT molecular complexity index is 959. The van der Waals surface area contributed by atoms with Crippen LogP contribution >= 0.6 is 0 Å². The van der Waals surface area contributed by atoms with E-state index in [1.165, 1.54) is 19.1 Å². The van der Waals surface area contributed by atoms with Crippen molar-refractivity contribution >= 4 is 28.0 Å². The zero-order chi connectivity index (χ0) is 19.6. The van der Waals surface area contributed by atoms with Crippen LogP contribution in [0.4, 0.5) is 5.69 Å². The highest BCUT2D eigenvalue weighted by molar-refractivity contribution is 7.91. The number of nitrogens with one attached hydrogen (secondary N) is 1. The van der Waals surface area contributed by atoms with Crippen LogP contribution < -0.4 is 9.03 Å². The number of hydrogen-bond donors (Lipinski definition) is 2. The number of ketones is 1. The second-order valence-electron chi connectivity index (χ2n) is 6.50. The summed E-state index contributed by atoms with van der Waals surface area (Å²) in [7, 11) is -3.88. The number of benzene rings is 2. The fourth-order valence-corrected chi connectivity index (χ4v) is 4.60. The number of aldehydes is 1. The maximum Gasteiger partial charge on any atom is 0.302 e. The molecule has 2 unspecified atom stereocenters. The van der Waals surface area contributed by atoms with Crippen LogP contribution in [0.2, 0.25) is 0 Å². The lowest BCUT2D eigenvalue weighted by Gasteiger charge is -2.19. The average molecular weight is 388 g/mol. The standard InChI is InChI=1S/C19H20N2O5S/c1-13(23)17(15-5-3-2-4-6-15)9-14-7-8-18(19(24)10-14)21-11-16(12-22)20-27(21,25)26/h2-8,10,12,16-17,20,24H,9,11H2,1H3. The Morgan fingerprint density at radius 2 is 2.00 bits per heavy atom. The van der Waals surface area contributed by atoms with Crippen LogP contribution in [0.15, 0.2) is 48.5 Å². The molecule has 2 aromatic carbocycles. The summed E-state index contributed by atoms with van der Waals surface area (Å²) in [5, 5.41) is 10.4. The molecule has 1 saturated heterocycles. The van der Waals surface area contributed by atoms with Gasteiger partial charge in [0, 0.05) is 5.92 Å². The molecule has 2 atom stereocenters. The number of anilines is 1. The first-order valence-corrected chi connectivity index (χ1v) is 9.88. The van der Waals surface area contributed by atoms with Crippen LogP contribution in [-0.2, 0) is 26.2 Å². The minimum absolute atomic E-state index is 0.00455. The molecule has 27 heavy (non-hydrogen) atoms. The first-order chi connectivity index (χ1) is 12.8. The SMILES string of the molecule is CC(=O)C(Cc1ccc(N2CC(C=O)NS2(=O)=O)c(O)c1)c1ccccc1. The maximum absolute atomic E-state index is 12.1. The van der Waals surface area contributed by atoms with Crippen LogP contribution in [0, 0.1) is 0 Å². The molecule has 0 aliphatic carbocycles. The largest absolute Gasteiger partial charge is 0.506 e. The van der Waals surface area contributed by atoms with Gasteiger partial charge in [-0.15, -0.1) is 0 Å². The van der Waals surface area contributed by atoms with Gasteiger partial charge in [0.2, 0.25) is 0 Å². The number of nitrogens with zero attached hydrogens (tertiary/aromatic N) is 1. The minimum Gasteiger partial charge on any atom is -0.506 e. The predicted octanol–water partition coefficient (Wildman–Crippen LogP) is 1.53. The van der Waals surface area contributed by atoms with Gasteiger partial charge in [0.15, 0.2) is 0 Å². The van der Waals surface area contributed by atoms with Crippen molar-refractivity contribution < 1.29 is 23.1 Å². The monoisotopic (exact) mass is 388 g/mol. The lowest BCUT2D eigenvalue weighted by Crippen LogP contribution is -2.30. The predicted molar refractivity (Wildman–Crippen MR) is 101 cm³/mol. The van der Waals surface area contributed by atoms with E-state index in [0.717, 1.165) is 9.87 Å². The molecule has 1 heterocycles. The molecule has 1 fully saturated rings. The number of aromatic hydroxyl groups is 1. The van der Waals surface area contributed by atoms with Crippen molar-refractivity contribution in [3.8, 4) is 5.75 Å². The van der Waals surface area contributed by atoms with E-state index >= 15 is 0 Å². The fraction of sp³-hybridized carbons (Fsp3) is 0.263. The molecule has 3 rings (SSSR count). The first-order valence-electron chi connectivity index (χ1n) is 8.44. The van der Waals surface area contributed by atoms with Gasteiger partial charge in [-0.25, -0.2) is 0 Å². The third-order valence-corrected chi connectivity index (χ3v) is 6.08. The summed E-state index contributed by atoms with van der Waals surface area (Å²) in [6.07, 6.45) is 0.898.